The van der Waals surface area contributed by atoms with Gasteiger partial charge in [-0.25, -0.2) is 45.8 Å². The maximum atomic E-state index is 12.0. The largest absolute Gasteiger partial charge is 0.444 e. The third kappa shape index (κ3) is 16.2. The molecule has 0 bridgehead atoms. The fourth-order valence-corrected chi connectivity index (χ4v) is 5.07. The number of carbonyl (C=O) groups excluding carboxylic acids is 2. The van der Waals surface area contributed by atoms with Crippen LogP contribution in [0, 0.1) is 0 Å². The molecule has 2 aromatic rings. The number of ether oxygens (including phenoxy) is 2. The highest BCUT2D eigenvalue weighted by Gasteiger charge is 2.25. The minimum atomic E-state index is -3.81. The highest BCUT2D eigenvalue weighted by molar-refractivity contribution is 7.89. The first kappa shape index (κ1) is 40.6. The van der Waals surface area contributed by atoms with Crippen molar-refractivity contribution >= 4 is 32.2 Å². The van der Waals surface area contributed by atoms with E-state index < -0.39 is 67.7 Å². The van der Waals surface area contributed by atoms with Crippen LogP contribution in [0.4, 0.5) is 9.59 Å². The molecule has 0 aliphatic heterocycles. The fraction of sp³-hybridized carbons (Fsp3) is 0.571. The molecule has 6 N–H and O–H groups in total. The molecule has 0 unspecified atom stereocenters. The lowest BCUT2D eigenvalue weighted by atomic mass is 10.2. The average molecular weight is 691 g/mol. The number of alkyl carbamates (subject to hydrolysis) is 2. The van der Waals surface area contributed by atoms with Gasteiger partial charge < -0.3 is 30.3 Å². The second-order valence-electron chi connectivity index (χ2n) is 12.0. The number of nitrogens with one attached hydrogen (secondary N) is 4. The molecule has 260 valence electrons. The molecule has 2 rings (SSSR count). The number of carbonyl (C=O) groups is 2. The quantitative estimate of drug-likeness (QED) is 0.185. The second-order valence-corrected chi connectivity index (χ2v) is 15.5. The van der Waals surface area contributed by atoms with Gasteiger partial charge in [0.1, 0.15) is 11.2 Å². The van der Waals surface area contributed by atoms with Crippen LogP contribution in [0.2, 0.25) is 0 Å². The second kappa shape index (κ2) is 17.5. The Bertz CT molecular complexity index is 1340. The molecule has 0 aliphatic carbocycles. The summed E-state index contributed by atoms with van der Waals surface area (Å²) in [5.41, 5.74) is -1.31. The Morgan fingerprint density at radius 3 is 1.28 bits per heavy atom. The first-order chi connectivity index (χ1) is 21.0. The number of aliphatic hydroxyl groups is 2. The Kier molecular flexibility index (Phi) is 15.4. The van der Waals surface area contributed by atoms with Crippen LogP contribution >= 0.6 is 0 Å². The van der Waals surface area contributed by atoms with Gasteiger partial charge in [0.2, 0.25) is 0 Å². The third-order valence-corrected chi connectivity index (χ3v) is 8.11. The first-order valence-electron chi connectivity index (χ1n) is 14.2. The van der Waals surface area contributed by atoms with Crippen molar-refractivity contribution in [3.8, 4) is 0 Å². The number of nitrogens with zero attached hydrogens (tertiary/aromatic N) is 2. The molecule has 0 radical (unpaired) electrons. The van der Waals surface area contributed by atoms with E-state index in [1.54, 1.807) is 79.7 Å². The number of hydrogen-bond acceptors (Lipinski definition) is 12. The summed E-state index contributed by atoms with van der Waals surface area (Å²) in [7, 11) is -7.62. The summed E-state index contributed by atoms with van der Waals surface area (Å²) in [4.78, 5) is 30.7. The van der Waals surface area contributed by atoms with E-state index in [1.165, 1.54) is 24.5 Å². The van der Waals surface area contributed by atoms with E-state index in [9.17, 15) is 36.6 Å². The number of aliphatic hydroxyl groups excluding tert-OH is 2. The standard InChI is InChI=1S/2C14H23N3O5S/c2*1-10(17-13(19)22-14(2,3)4)11(18)9-16-23(20,21)12-7-5-6-8-15-12/h2*5-8,10-11,16,18H,9H2,1-4H3,(H,17,19)/t10-,11+;10-,11-/m00/s1. The van der Waals surface area contributed by atoms with Crippen molar-refractivity contribution in [1.82, 2.24) is 30.0 Å². The van der Waals surface area contributed by atoms with Crippen LogP contribution in [0.5, 0.6) is 0 Å². The van der Waals surface area contributed by atoms with Crippen LogP contribution in [-0.2, 0) is 29.5 Å². The topological polar surface area (TPSA) is 235 Å². The van der Waals surface area contributed by atoms with Crippen molar-refractivity contribution < 1.29 is 46.1 Å². The van der Waals surface area contributed by atoms with Crippen LogP contribution in [0.3, 0.4) is 0 Å². The molecule has 0 fully saturated rings. The zero-order chi connectivity index (χ0) is 35.3. The molecule has 0 saturated carbocycles. The number of pyridine rings is 2. The summed E-state index contributed by atoms with van der Waals surface area (Å²) in [5, 5.41) is 24.5. The van der Waals surface area contributed by atoms with Crippen molar-refractivity contribution in [3.05, 3.63) is 48.8 Å². The number of aromatic nitrogens is 2. The Labute approximate surface area is 270 Å². The molecule has 2 amide bonds. The highest BCUT2D eigenvalue weighted by Crippen LogP contribution is 2.09. The summed E-state index contributed by atoms with van der Waals surface area (Å²) in [6.45, 7) is 12.9. The maximum absolute atomic E-state index is 12.0. The van der Waals surface area contributed by atoms with Gasteiger partial charge in [-0.3, -0.25) is 0 Å². The third-order valence-electron chi connectivity index (χ3n) is 5.43. The summed E-state index contributed by atoms with van der Waals surface area (Å²) < 4.78 is 62.5. The molecule has 0 aliphatic rings. The van der Waals surface area contributed by atoms with Gasteiger partial charge in [0.15, 0.2) is 10.1 Å². The smallest absolute Gasteiger partial charge is 0.407 e. The Hall–Kier alpha value is -3.42. The zero-order valence-electron chi connectivity index (χ0n) is 27.2. The normalized spacial score (nSPS) is 14.8. The number of amides is 2. The average Bonchev–Trinajstić information content (AvgIpc) is 2.93. The molecular formula is C28H46N6O10S2. The van der Waals surface area contributed by atoms with Gasteiger partial charge in [-0.1, -0.05) is 12.1 Å². The van der Waals surface area contributed by atoms with Crippen molar-refractivity contribution in [1.29, 1.82) is 0 Å². The molecule has 0 spiro atoms. The SMILES string of the molecule is C[C@H](NC(=O)OC(C)(C)C)[C@@H](O)CNS(=O)(=O)c1ccccn1.C[C@H](NC(=O)OC(C)(C)C)[C@H](O)CNS(=O)(=O)c1ccccn1. The molecular weight excluding hydrogens is 644 g/mol. The zero-order valence-corrected chi connectivity index (χ0v) is 28.8. The molecule has 2 aromatic heterocycles. The minimum absolute atomic E-state index is 0.139. The monoisotopic (exact) mass is 690 g/mol. The fourth-order valence-electron chi connectivity index (χ4n) is 3.08. The van der Waals surface area contributed by atoms with Crippen LogP contribution in [-0.4, -0.2) is 97.8 Å². The van der Waals surface area contributed by atoms with Crippen molar-refractivity contribution in [2.24, 2.45) is 0 Å². The van der Waals surface area contributed by atoms with E-state index in [0.29, 0.717) is 0 Å². The van der Waals surface area contributed by atoms with Crippen LogP contribution in [0.1, 0.15) is 55.4 Å². The highest BCUT2D eigenvalue weighted by atomic mass is 32.2. The maximum Gasteiger partial charge on any atom is 0.407 e. The van der Waals surface area contributed by atoms with Gasteiger partial charge in [0.05, 0.1) is 24.3 Å². The number of rotatable bonds is 12. The molecule has 0 aromatic carbocycles. The number of sulfonamides is 2. The molecule has 18 heteroatoms. The molecule has 2 heterocycles. The predicted molar refractivity (Wildman–Crippen MR) is 169 cm³/mol. The summed E-state index contributed by atoms with van der Waals surface area (Å²) in [5.74, 6) is 0. The lowest BCUT2D eigenvalue weighted by Crippen LogP contribution is -2.47. The Morgan fingerprint density at radius 2 is 1.02 bits per heavy atom. The lowest BCUT2D eigenvalue weighted by molar-refractivity contribution is 0.0432. The Morgan fingerprint density at radius 1 is 0.696 bits per heavy atom. The van der Waals surface area contributed by atoms with E-state index >= 15 is 0 Å². The van der Waals surface area contributed by atoms with Gasteiger partial charge >= 0.3 is 12.2 Å². The van der Waals surface area contributed by atoms with E-state index in [1.807, 2.05) is 0 Å². The molecule has 0 saturated heterocycles. The first-order valence-corrected chi connectivity index (χ1v) is 17.2. The summed E-state index contributed by atoms with van der Waals surface area (Å²) in [6.07, 6.45) is -0.898. The molecule has 46 heavy (non-hydrogen) atoms. The lowest BCUT2D eigenvalue weighted by Gasteiger charge is -2.24. The van der Waals surface area contributed by atoms with Crippen molar-refractivity contribution in [3.63, 3.8) is 0 Å². The van der Waals surface area contributed by atoms with E-state index in [0.717, 1.165) is 0 Å². The van der Waals surface area contributed by atoms with E-state index in [2.05, 4.69) is 30.0 Å². The van der Waals surface area contributed by atoms with Crippen LogP contribution in [0.15, 0.2) is 58.8 Å². The van der Waals surface area contributed by atoms with Crippen molar-refractivity contribution in [2.75, 3.05) is 13.1 Å². The number of hydrogen-bond donors (Lipinski definition) is 6. The summed E-state index contributed by atoms with van der Waals surface area (Å²) in [6, 6.07) is 7.58. The van der Waals surface area contributed by atoms with E-state index in [-0.39, 0.29) is 23.1 Å². The van der Waals surface area contributed by atoms with E-state index in [4.69, 9.17) is 9.47 Å². The van der Waals surface area contributed by atoms with Crippen LogP contribution < -0.4 is 20.1 Å². The van der Waals surface area contributed by atoms with Gasteiger partial charge in [-0.15, -0.1) is 0 Å². The molecule has 16 nitrogen and oxygen atoms in total. The minimum Gasteiger partial charge on any atom is -0.444 e. The van der Waals surface area contributed by atoms with Crippen molar-refractivity contribution in [2.45, 2.75) is 101 Å². The Balaban J connectivity index is 0.000000460. The van der Waals surface area contributed by atoms with Gasteiger partial charge in [-0.2, -0.15) is 0 Å². The van der Waals surface area contributed by atoms with Gasteiger partial charge in [0.25, 0.3) is 20.0 Å². The van der Waals surface area contributed by atoms with Gasteiger partial charge in [-0.05, 0) is 79.7 Å². The predicted octanol–water partition coefficient (Wildman–Crippen LogP) is 1.27. The van der Waals surface area contributed by atoms with Crippen LogP contribution in [0.25, 0.3) is 0 Å². The summed E-state index contributed by atoms with van der Waals surface area (Å²) >= 11 is 0. The van der Waals surface area contributed by atoms with Gasteiger partial charge in [0, 0.05) is 25.5 Å². The molecule has 4 atom stereocenters.